The average molecular weight is 320 g/mol. The van der Waals surface area contributed by atoms with E-state index in [0.29, 0.717) is 13.1 Å². The van der Waals surface area contributed by atoms with Gasteiger partial charge < -0.3 is 26.8 Å². The number of nitrogens with two attached hydrogens (primary N) is 3. The highest BCUT2D eigenvalue weighted by Crippen LogP contribution is 2.10. The lowest BCUT2D eigenvalue weighted by atomic mass is 10.1. The third-order valence-electron chi connectivity index (χ3n) is 3.96. The first-order valence-corrected chi connectivity index (χ1v) is 7.72. The maximum absolute atomic E-state index is 12.0. The summed E-state index contributed by atoms with van der Waals surface area (Å²) < 4.78 is 5.15. The molecule has 0 radical (unpaired) electrons. The molecule has 0 spiro atoms. The number of ether oxygens (including phenoxy) is 1. The number of rotatable bonds is 6. The van der Waals surface area contributed by atoms with Gasteiger partial charge in [-0.1, -0.05) is 30.3 Å². The fourth-order valence-corrected chi connectivity index (χ4v) is 2.45. The molecule has 126 valence electrons. The second-order valence-corrected chi connectivity index (χ2v) is 5.86. The van der Waals surface area contributed by atoms with Crippen LogP contribution in [0.1, 0.15) is 18.4 Å². The fourth-order valence-electron chi connectivity index (χ4n) is 2.45. The summed E-state index contributed by atoms with van der Waals surface area (Å²) in [4.78, 5) is 25.5. The number of carbonyl (C=O) groups excluding carboxylic acids is 2. The summed E-state index contributed by atoms with van der Waals surface area (Å²) in [6.45, 7) is 1.08. The molecule has 0 unspecified atom stereocenters. The van der Waals surface area contributed by atoms with Gasteiger partial charge in [-0.15, -0.1) is 0 Å². The standard InChI is InChI=1S/C16H24N4O3/c17-12(16(22)23-10-11-4-2-1-3-5-11)6-7-15(21)20-8-13(18)14(19)9-20/h1-5,12-14H,6-10,17-19H2/t12-,13-,14+/m0/s1. The molecule has 1 aromatic rings. The second kappa shape index (κ2) is 8.05. The van der Waals surface area contributed by atoms with E-state index in [2.05, 4.69) is 0 Å². The molecule has 6 N–H and O–H groups in total. The molecule has 0 aliphatic carbocycles. The number of esters is 1. The summed E-state index contributed by atoms with van der Waals surface area (Å²) in [6, 6.07) is 8.16. The third-order valence-corrected chi connectivity index (χ3v) is 3.96. The molecular formula is C16H24N4O3. The highest BCUT2D eigenvalue weighted by molar-refractivity contribution is 5.79. The number of likely N-dealkylation sites (tertiary alicyclic amines) is 1. The highest BCUT2D eigenvalue weighted by atomic mass is 16.5. The van der Waals surface area contributed by atoms with E-state index >= 15 is 0 Å². The van der Waals surface area contributed by atoms with Crippen molar-refractivity contribution in [2.24, 2.45) is 17.2 Å². The Morgan fingerprint density at radius 3 is 2.39 bits per heavy atom. The molecule has 1 saturated heterocycles. The van der Waals surface area contributed by atoms with Crippen molar-refractivity contribution in [1.82, 2.24) is 4.90 Å². The van der Waals surface area contributed by atoms with Crippen LogP contribution in [0.5, 0.6) is 0 Å². The van der Waals surface area contributed by atoms with Crippen molar-refractivity contribution in [2.75, 3.05) is 13.1 Å². The molecule has 7 nitrogen and oxygen atoms in total. The first-order chi connectivity index (χ1) is 11.0. The van der Waals surface area contributed by atoms with Crippen molar-refractivity contribution in [3.8, 4) is 0 Å². The maximum Gasteiger partial charge on any atom is 0.323 e. The van der Waals surface area contributed by atoms with Crippen LogP contribution in [-0.4, -0.2) is 48.0 Å². The predicted molar refractivity (Wildman–Crippen MR) is 86.0 cm³/mol. The van der Waals surface area contributed by atoms with Crippen LogP contribution < -0.4 is 17.2 Å². The minimum atomic E-state index is -0.812. The summed E-state index contributed by atoms with van der Waals surface area (Å²) in [5.41, 5.74) is 18.3. The molecule has 0 saturated carbocycles. The molecule has 1 fully saturated rings. The quantitative estimate of drug-likeness (QED) is 0.597. The van der Waals surface area contributed by atoms with Crippen LogP contribution in [0.3, 0.4) is 0 Å². The lowest BCUT2D eigenvalue weighted by molar-refractivity contribution is -0.146. The zero-order valence-electron chi connectivity index (χ0n) is 13.1. The van der Waals surface area contributed by atoms with Crippen LogP contribution in [0.25, 0.3) is 0 Å². The van der Waals surface area contributed by atoms with Crippen LogP contribution >= 0.6 is 0 Å². The van der Waals surface area contributed by atoms with Gasteiger partial charge in [0, 0.05) is 31.6 Å². The van der Waals surface area contributed by atoms with Crippen LogP contribution in [0.4, 0.5) is 0 Å². The maximum atomic E-state index is 12.0. The van der Waals surface area contributed by atoms with E-state index in [9.17, 15) is 9.59 Å². The zero-order valence-corrected chi connectivity index (χ0v) is 13.1. The molecule has 0 bridgehead atoms. The van der Waals surface area contributed by atoms with Gasteiger partial charge in [-0.25, -0.2) is 0 Å². The van der Waals surface area contributed by atoms with Crippen LogP contribution in [0, 0.1) is 0 Å². The number of carbonyl (C=O) groups is 2. The van der Waals surface area contributed by atoms with Gasteiger partial charge in [-0.3, -0.25) is 9.59 Å². The normalized spacial score (nSPS) is 22.0. The van der Waals surface area contributed by atoms with Crippen LogP contribution in [0.15, 0.2) is 30.3 Å². The lowest BCUT2D eigenvalue weighted by Gasteiger charge is -2.17. The number of hydrogen-bond donors (Lipinski definition) is 3. The number of amides is 1. The van der Waals surface area contributed by atoms with E-state index in [0.717, 1.165) is 5.56 Å². The van der Waals surface area contributed by atoms with Gasteiger partial charge in [0.25, 0.3) is 0 Å². The van der Waals surface area contributed by atoms with Gasteiger partial charge in [0.1, 0.15) is 12.6 Å². The van der Waals surface area contributed by atoms with Crippen molar-refractivity contribution in [3.05, 3.63) is 35.9 Å². The summed E-state index contributed by atoms with van der Waals surface area (Å²) in [5, 5.41) is 0. The zero-order chi connectivity index (χ0) is 16.8. The SMILES string of the molecule is N[C@@H]1CN(C(=O)CC[C@H](N)C(=O)OCc2ccccc2)C[C@@H]1N. The molecular weight excluding hydrogens is 296 g/mol. The lowest BCUT2D eigenvalue weighted by Crippen LogP contribution is -2.39. The van der Waals surface area contributed by atoms with E-state index in [1.54, 1.807) is 4.90 Å². The molecule has 3 atom stereocenters. The summed E-state index contributed by atoms with van der Waals surface area (Å²) in [7, 11) is 0. The minimum Gasteiger partial charge on any atom is -0.460 e. The fraction of sp³-hybridized carbons (Fsp3) is 0.500. The van der Waals surface area contributed by atoms with E-state index < -0.39 is 12.0 Å². The molecule has 1 aliphatic rings. The Balaban J connectivity index is 1.70. The Kier molecular flexibility index (Phi) is 6.09. The average Bonchev–Trinajstić information content (AvgIpc) is 2.90. The van der Waals surface area contributed by atoms with Crippen molar-refractivity contribution < 1.29 is 14.3 Å². The van der Waals surface area contributed by atoms with Gasteiger partial charge >= 0.3 is 5.97 Å². The number of hydrogen-bond acceptors (Lipinski definition) is 6. The molecule has 7 heteroatoms. The first-order valence-electron chi connectivity index (χ1n) is 7.72. The molecule has 0 aromatic heterocycles. The second-order valence-electron chi connectivity index (χ2n) is 5.86. The largest absolute Gasteiger partial charge is 0.460 e. The van der Waals surface area contributed by atoms with Crippen molar-refractivity contribution in [3.63, 3.8) is 0 Å². The van der Waals surface area contributed by atoms with Crippen molar-refractivity contribution in [1.29, 1.82) is 0 Å². The first kappa shape index (κ1) is 17.4. The highest BCUT2D eigenvalue weighted by Gasteiger charge is 2.30. The molecule has 1 heterocycles. The Bertz CT molecular complexity index is 527. The van der Waals surface area contributed by atoms with E-state index in [-0.39, 0.29) is 37.4 Å². The van der Waals surface area contributed by atoms with E-state index in [4.69, 9.17) is 21.9 Å². The van der Waals surface area contributed by atoms with Crippen LogP contribution in [0.2, 0.25) is 0 Å². The number of nitrogens with zero attached hydrogens (tertiary/aromatic N) is 1. The van der Waals surface area contributed by atoms with Crippen molar-refractivity contribution in [2.45, 2.75) is 37.6 Å². The third kappa shape index (κ3) is 5.02. The van der Waals surface area contributed by atoms with Gasteiger partial charge in [0.05, 0.1) is 0 Å². The summed E-state index contributed by atoms with van der Waals surface area (Å²) in [5.74, 6) is -0.587. The molecule has 1 amide bonds. The minimum absolute atomic E-state index is 0.0836. The van der Waals surface area contributed by atoms with Gasteiger partial charge in [-0.05, 0) is 12.0 Å². The Morgan fingerprint density at radius 1 is 1.17 bits per heavy atom. The van der Waals surface area contributed by atoms with E-state index in [1.807, 2.05) is 30.3 Å². The molecule has 1 aromatic carbocycles. The molecule has 2 rings (SSSR count). The smallest absolute Gasteiger partial charge is 0.323 e. The van der Waals surface area contributed by atoms with Gasteiger partial charge in [-0.2, -0.15) is 0 Å². The van der Waals surface area contributed by atoms with Gasteiger partial charge in [0.15, 0.2) is 0 Å². The summed E-state index contributed by atoms with van der Waals surface area (Å²) >= 11 is 0. The predicted octanol–water partition coefficient (Wildman–Crippen LogP) is -0.666. The van der Waals surface area contributed by atoms with E-state index in [1.165, 1.54) is 0 Å². The topological polar surface area (TPSA) is 125 Å². The Labute approximate surface area is 135 Å². The van der Waals surface area contributed by atoms with Crippen molar-refractivity contribution >= 4 is 11.9 Å². The molecule has 1 aliphatic heterocycles. The summed E-state index contributed by atoms with van der Waals surface area (Å²) in [6.07, 6.45) is 0.425. The Hall–Kier alpha value is -1.96. The number of benzene rings is 1. The molecule has 23 heavy (non-hydrogen) atoms. The Morgan fingerprint density at radius 2 is 1.78 bits per heavy atom. The van der Waals surface area contributed by atoms with Gasteiger partial charge in [0.2, 0.25) is 5.91 Å². The van der Waals surface area contributed by atoms with Crippen LogP contribution in [-0.2, 0) is 20.9 Å². The monoisotopic (exact) mass is 320 g/mol.